The van der Waals surface area contributed by atoms with E-state index in [2.05, 4.69) is 26.2 Å². The minimum absolute atomic E-state index is 0.0483. The molecule has 1 N–H and O–H groups in total. The SMILES string of the molecule is N#C/C(=C\C=C\c1cccc(Br)n1)C(=O)NCc1ccccc1. The van der Waals surface area contributed by atoms with Crippen LogP contribution in [0.5, 0.6) is 0 Å². The van der Waals surface area contributed by atoms with Gasteiger partial charge in [0, 0.05) is 6.54 Å². The van der Waals surface area contributed by atoms with Gasteiger partial charge in [0.15, 0.2) is 0 Å². The van der Waals surface area contributed by atoms with Crippen molar-refractivity contribution in [1.82, 2.24) is 10.3 Å². The van der Waals surface area contributed by atoms with Crippen LogP contribution in [-0.4, -0.2) is 10.9 Å². The molecule has 0 saturated heterocycles. The Labute approximate surface area is 143 Å². The Morgan fingerprint density at radius 3 is 2.70 bits per heavy atom. The van der Waals surface area contributed by atoms with Crippen molar-refractivity contribution in [1.29, 1.82) is 5.26 Å². The van der Waals surface area contributed by atoms with Crippen LogP contribution in [0.15, 0.2) is 70.9 Å². The molecule has 1 aromatic carbocycles. The number of aromatic nitrogens is 1. The number of pyridine rings is 1. The van der Waals surface area contributed by atoms with E-state index in [1.165, 1.54) is 6.08 Å². The number of carbonyl (C=O) groups excluding carboxylic acids is 1. The van der Waals surface area contributed by atoms with Crippen molar-refractivity contribution in [3.63, 3.8) is 0 Å². The van der Waals surface area contributed by atoms with Crippen molar-refractivity contribution in [2.24, 2.45) is 0 Å². The first-order valence-corrected chi connectivity index (χ1v) is 7.71. The standard InChI is InChI=1S/C18H14BrN3O/c19-17-11-5-10-16(22-17)9-4-8-15(12-20)18(23)21-13-14-6-2-1-3-7-14/h1-11H,13H2,(H,21,23)/b9-4+,15-8+. The summed E-state index contributed by atoms with van der Waals surface area (Å²) in [5, 5.41) is 11.8. The van der Waals surface area contributed by atoms with Crippen molar-refractivity contribution in [3.8, 4) is 6.07 Å². The molecule has 2 rings (SSSR count). The second-order valence-corrected chi connectivity index (χ2v) is 5.42. The lowest BCUT2D eigenvalue weighted by Gasteiger charge is -2.03. The predicted octanol–water partition coefficient (Wildman–Crippen LogP) is 3.62. The summed E-state index contributed by atoms with van der Waals surface area (Å²) in [4.78, 5) is 16.2. The van der Waals surface area contributed by atoms with E-state index in [0.717, 1.165) is 15.9 Å². The van der Waals surface area contributed by atoms with E-state index in [1.807, 2.05) is 54.6 Å². The lowest BCUT2D eigenvalue weighted by Crippen LogP contribution is -2.23. The van der Waals surface area contributed by atoms with Crippen molar-refractivity contribution in [2.75, 3.05) is 0 Å². The fraction of sp³-hybridized carbons (Fsp3) is 0.0556. The van der Waals surface area contributed by atoms with Gasteiger partial charge in [0.2, 0.25) is 0 Å². The fourth-order valence-electron chi connectivity index (χ4n) is 1.80. The zero-order valence-electron chi connectivity index (χ0n) is 12.2. The molecule has 0 aliphatic rings. The number of carbonyl (C=O) groups is 1. The molecule has 5 heteroatoms. The van der Waals surface area contributed by atoms with Crippen LogP contribution < -0.4 is 5.32 Å². The Hall–Kier alpha value is -2.71. The number of nitrogens with zero attached hydrogens (tertiary/aromatic N) is 2. The maximum absolute atomic E-state index is 12.0. The minimum atomic E-state index is -0.400. The van der Waals surface area contributed by atoms with E-state index in [0.29, 0.717) is 6.54 Å². The molecule has 1 aromatic heterocycles. The molecule has 2 aromatic rings. The third kappa shape index (κ3) is 5.53. The molecule has 0 aliphatic carbocycles. The minimum Gasteiger partial charge on any atom is -0.347 e. The largest absolute Gasteiger partial charge is 0.347 e. The van der Waals surface area contributed by atoms with Gasteiger partial charge in [-0.05, 0) is 45.8 Å². The number of hydrogen-bond acceptors (Lipinski definition) is 3. The molecular formula is C18H14BrN3O. The summed E-state index contributed by atoms with van der Waals surface area (Å²) in [7, 11) is 0. The molecule has 0 atom stereocenters. The number of nitriles is 1. The number of nitrogens with one attached hydrogen (secondary N) is 1. The van der Waals surface area contributed by atoms with E-state index >= 15 is 0 Å². The number of amides is 1. The summed E-state index contributed by atoms with van der Waals surface area (Å²) in [5.74, 6) is -0.400. The highest BCUT2D eigenvalue weighted by Crippen LogP contribution is 2.08. The highest BCUT2D eigenvalue weighted by atomic mass is 79.9. The van der Waals surface area contributed by atoms with Crippen LogP contribution in [0.25, 0.3) is 6.08 Å². The van der Waals surface area contributed by atoms with Crippen LogP contribution in [-0.2, 0) is 11.3 Å². The topological polar surface area (TPSA) is 65.8 Å². The molecule has 114 valence electrons. The maximum atomic E-state index is 12.0. The number of rotatable bonds is 5. The average molecular weight is 368 g/mol. The van der Waals surface area contributed by atoms with Crippen LogP contribution in [0.4, 0.5) is 0 Å². The smallest absolute Gasteiger partial charge is 0.262 e. The molecule has 0 fully saturated rings. The molecule has 4 nitrogen and oxygen atoms in total. The zero-order chi connectivity index (χ0) is 16.5. The molecular weight excluding hydrogens is 354 g/mol. The van der Waals surface area contributed by atoms with Crippen LogP contribution in [0.3, 0.4) is 0 Å². The lowest BCUT2D eigenvalue weighted by atomic mass is 10.2. The second-order valence-electron chi connectivity index (χ2n) is 4.60. The first-order valence-electron chi connectivity index (χ1n) is 6.92. The zero-order valence-corrected chi connectivity index (χ0v) is 13.8. The third-order valence-corrected chi connectivity index (χ3v) is 3.37. The average Bonchev–Trinajstić information content (AvgIpc) is 2.57. The highest BCUT2D eigenvalue weighted by Gasteiger charge is 2.06. The summed E-state index contributed by atoms with van der Waals surface area (Å²) in [6.07, 6.45) is 4.84. The fourth-order valence-corrected chi connectivity index (χ4v) is 2.15. The highest BCUT2D eigenvalue weighted by molar-refractivity contribution is 9.10. The van der Waals surface area contributed by atoms with Gasteiger partial charge in [-0.1, -0.05) is 42.5 Å². The van der Waals surface area contributed by atoms with Crippen LogP contribution in [0, 0.1) is 11.3 Å². The quantitative estimate of drug-likeness (QED) is 0.379. The van der Waals surface area contributed by atoms with E-state index in [-0.39, 0.29) is 5.57 Å². The van der Waals surface area contributed by atoms with Crippen molar-refractivity contribution < 1.29 is 4.79 Å². The van der Waals surface area contributed by atoms with Crippen molar-refractivity contribution in [3.05, 3.63) is 82.1 Å². The molecule has 0 unspecified atom stereocenters. The summed E-state index contributed by atoms with van der Waals surface area (Å²) in [6, 6.07) is 16.9. The Balaban J connectivity index is 1.98. The van der Waals surface area contributed by atoms with E-state index < -0.39 is 5.91 Å². The Morgan fingerprint density at radius 1 is 1.22 bits per heavy atom. The summed E-state index contributed by atoms with van der Waals surface area (Å²) < 4.78 is 0.727. The second kappa shape index (κ2) is 8.66. The van der Waals surface area contributed by atoms with Crippen LogP contribution in [0.2, 0.25) is 0 Å². The first-order chi connectivity index (χ1) is 11.2. The van der Waals surface area contributed by atoms with Gasteiger partial charge in [-0.25, -0.2) is 4.98 Å². The first kappa shape index (κ1) is 16.7. The number of halogens is 1. The number of benzene rings is 1. The number of allylic oxidation sites excluding steroid dienone is 2. The molecule has 0 spiro atoms. The van der Waals surface area contributed by atoms with Gasteiger partial charge in [-0.15, -0.1) is 0 Å². The summed E-state index contributed by atoms with van der Waals surface area (Å²) in [6.45, 7) is 0.385. The van der Waals surface area contributed by atoms with Gasteiger partial charge in [0.25, 0.3) is 5.91 Å². The van der Waals surface area contributed by atoms with Gasteiger partial charge in [-0.2, -0.15) is 5.26 Å². The van der Waals surface area contributed by atoms with E-state index in [1.54, 1.807) is 12.2 Å². The van der Waals surface area contributed by atoms with E-state index in [4.69, 9.17) is 5.26 Å². The maximum Gasteiger partial charge on any atom is 0.262 e. The normalized spacial score (nSPS) is 11.2. The summed E-state index contributed by atoms with van der Waals surface area (Å²) in [5.41, 5.74) is 1.76. The van der Waals surface area contributed by atoms with Crippen LogP contribution >= 0.6 is 15.9 Å². The summed E-state index contributed by atoms with van der Waals surface area (Å²) >= 11 is 3.29. The van der Waals surface area contributed by atoms with E-state index in [9.17, 15) is 4.79 Å². The molecule has 0 saturated carbocycles. The van der Waals surface area contributed by atoms with Gasteiger partial charge in [0.1, 0.15) is 16.2 Å². The Bertz CT molecular complexity index is 776. The van der Waals surface area contributed by atoms with Crippen molar-refractivity contribution >= 4 is 27.9 Å². The third-order valence-electron chi connectivity index (χ3n) is 2.93. The lowest BCUT2D eigenvalue weighted by molar-refractivity contribution is -0.117. The monoisotopic (exact) mass is 367 g/mol. The molecule has 0 aliphatic heterocycles. The molecule has 1 amide bonds. The van der Waals surface area contributed by atoms with Crippen LogP contribution in [0.1, 0.15) is 11.3 Å². The van der Waals surface area contributed by atoms with Gasteiger partial charge >= 0.3 is 0 Å². The molecule has 23 heavy (non-hydrogen) atoms. The predicted molar refractivity (Wildman–Crippen MR) is 93.0 cm³/mol. The molecule has 1 heterocycles. The number of hydrogen-bond donors (Lipinski definition) is 1. The van der Waals surface area contributed by atoms with Gasteiger partial charge < -0.3 is 5.32 Å². The van der Waals surface area contributed by atoms with Crippen molar-refractivity contribution in [2.45, 2.75) is 6.54 Å². The Kier molecular flexibility index (Phi) is 6.28. The van der Waals surface area contributed by atoms with Gasteiger partial charge in [0.05, 0.1) is 5.69 Å². The van der Waals surface area contributed by atoms with Gasteiger partial charge in [-0.3, -0.25) is 4.79 Å². The molecule has 0 bridgehead atoms. The Morgan fingerprint density at radius 2 is 2.00 bits per heavy atom. The molecule has 0 radical (unpaired) electrons.